The second-order valence-corrected chi connectivity index (χ2v) is 8.09. The van der Waals surface area contributed by atoms with E-state index in [2.05, 4.69) is 9.97 Å². The van der Waals surface area contributed by atoms with Crippen molar-refractivity contribution in [2.45, 2.75) is 31.4 Å². The molecule has 10 nitrogen and oxygen atoms in total. The van der Waals surface area contributed by atoms with Crippen molar-refractivity contribution in [2.24, 2.45) is 0 Å². The molecule has 2 unspecified atom stereocenters. The van der Waals surface area contributed by atoms with Crippen molar-refractivity contribution in [3.63, 3.8) is 0 Å². The van der Waals surface area contributed by atoms with Crippen molar-refractivity contribution in [2.75, 3.05) is 6.54 Å². The van der Waals surface area contributed by atoms with Crippen LogP contribution >= 0.6 is 0 Å². The second-order valence-electron chi connectivity index (χ2n) is 8.09. The van der Waals surface area contributed by atoms with Gasteiger partial charge in [0.2, 0.25) is 0 Å². The number of hydrogen-bond acceptors (Lipinski definition) is 5. The maximum absolute atomic E-state index is 11.6. The molecular formula is C22H21N5O5. The Morgan fingerprint density at radius 3 is 2.59 bits per heavy atom. The van der Waals surface area contributed by atoms with Crippen LogP contribution in [0.15, 0.2) is 42.7 Å². The van der Waals surface area contributed by atoms with Crippen LogP contribution in [0.2, 0.25) is 0 Å². The van der Waals surface area contributed by atoms with Crippen LogP contribution in [0, 0.1) is 6.92 Å². The molecule has 1 amide bonds. The fourth-order valence-corrected chi connectivity index (χ4v) is 4.59. The van der Waals surface area contributed by atoms with E-state index >= 15 is 0 Å². The fraction of sp³-hybridized carbons (Fsp3) is 0.273. The molecule has 4 N–H and O–H groups in total. The molecule has 3 aromatic heterocycles. The maximum atomic E-state index is 11.6. The van der Waals surface area contributed by atoms with Crippen LogP contribution in [0.3, 0.4) is 0 Å². The molecule has 4 heterocycles. The summed E-state index contributed by atoms with van der Waals surface area (Å²) in [5.74, 6) is -0.458. The Bertz CT molecular complexity index is 1360. The number of hydrogen-bond donors (Lipinski definition) is 4. The summed E-state index contributed by atoms with van der Waals surface area (Å²) in [6, 6.07) is 7.78. The Kier molecular flexibility index (Phi) is 4.41. The summed E-state index contributed by atoms with van der Waals surface area (Å²) in [4.78, 5) is 36.1. The van der Waals surface area contributed by atoms with Crippen molar-refractivity contribution in [3.05, 3.63) is 54.1 Å². The first-order valence-corrected chi connectivity index (χ1v) is 10.2. The predicted molar refractivity (Wildman–Crippen MR) is 114 cm³/mol. The van der Waals surface area contributed by atoms with E-state index in [9.17, 15) is 24.9 Å². The summed E-state index contributed by atoms with van der Waals surface area (Å²) >= 11 is 0. The number of aliphatic carboxylic acids is 1. The maximum Gasteiger partial charge on any atom is 0.408 e. The lowest BCUT2D eigenvalue weighted by Gasteiger charge is -2.41. The number of carbonyl (C=O) groups is 2. The van der Waals surface area contributed by atoms with Crippen LogP contribution in [-0.2, 0) is 10.4 Å². The molecule has 2 atom stereocenters. The standard InChI is InChI=1S/C22H21N5O5/c1-12-25-18(17-11-24-19-15(27(12)17)6-8-23-19)13-2-4-14(5-3-13)22(32)7-9-26(21(30)31)16(10-22)20(28)29/h2-6,8,11,16,23,32H,7,9-10H2,1H3,(H,28,29)(H,30,31). The van der Waals surface area contributed by atoms with E-state index in [-0.39, 0.29) is 19.4 Å². The lowest BCUT2D eigenvalue weighted by Crippen LogP contribution is -2.54. The zero-order valence-electron chi connectivity index (χ0n) is 17.2. The van der Waals surface area contributed by atoms with Crippen LogP contribution in [0.1, 0.15) is 24.2 Å². The van der Waals surface area contributed by atoms with Gasteiger partial charge in [0.1, 0.15) is 11.9 Å². The summed E-state index contributed by atoms with van der Waals surface area (Å²) in [7, 11) is 0. The highest BCUT2D eigenvalue weighted by Gasteiger charge is 2.44. The number of imidazole rings is 1. The average Bonchev–Trinajstić information content (AvgIpc) is 3.37. The largest absolute Gasteiger partial charge is 0.480 e. The van der Waals surface area contributed by atoms with E-state index in [4.69, 9.17) is 4.98 Å². The highest BCUT2D eigenvalue weighted by atomic mass is 16.4. The molecule has 0 saturated carbocycles. The monoisotopic (exact) mass is 435 g/mol. The van der Waals surface area contributed by atoms with E-state index in [1.165, 1.54) is 0 Å². The first kappa shape index (κ1) is 20.0. The molecular weight excluding hydrogens is 414 g/mol. The number of piperidine rings is 1. The first-order chi connectivity index (χ1) is 15.3. The quantitative estimate of drug-likeness (QED) is 0.387. The molecule has 0 bridgehead atoms. The van der Waals surface area contributed by atoms with E-state index in [1.54, 1.807) is 18.3 Å². The number of aliphatic hydroxyl groups is 1. The van der Waals surface area contributed by atoms with Crippen LogP contribution in [0.25, 0.3) is 27.9 Å². The third kappa shape index (κ3) is 2.99. The number of carboxylic acid groups (broad SMARTS) is 2. The molecule has 1 saturated heterocycles. The van der Waals surface area contributed by atoms with Crippen LogP contribution in [-0.4, -0.2) is 64.2 Å². The second kappa shape index (κ2) is 7.06. The van der Waals surface area contributed by atoms with Gasteiger partial charge in [0.15, 0.2) is 5.65 Å². The Morgan fingerprint density at radius 1 is 1.16 bits per heavy atom. The lowest BCUT2D eigenvalue weighted by atomic mass is 9.80. The lowest BCUT2D eigenvalue weighted by molar-refractivity contribution is -0.149. The Hall–Kier alpha value is -3.92. The van der Waals surface area contributed by atoms with Crippen molar-refractivity contribution in [1.82, 2.24) is 24.3 Å². The molecule has 1 fully saturated rings. The summed E-state index contributed by atoms with van der Waals surface area (Å²) in [6.07, 6.45) is 2.18. The first-order valence-electron chi connectivity index (χ1n) is 10.2. The number of aromatic nitrogens is 4. The number of aryl methyl sites for hydroxylation is 1. The van der Waals surface area contributed by atoms with Crippen LogP contribution < -0.4 is 0 Å². The third-order valence-corrected chi connectivity index (χ3v) is 6.24. The van der Waals surface area contributed by atoms with Gasteiger partial charge >= 0.3 is 12.1 Å². The number of likely N-dealkylation sites (tertiary alicyclic amines) is 1. The van der Waals surface area contributed by atoms with Gasteiger partial charge in [-0.15, -0.1) is 0 Å². The molecule has 0 radical (unpaired) electrons. The third-order valence-electron chi connectivity index (χ3n) is 6.24. The van der Waals surface area contributed by atoms with Gasteiger partial charge in [0.05, 0.1) is 28.5 Å². The smallest absolute Gasteiger partial charge is 0.408 e. The number of nitrogens with zero attached hydrogens (tertiary/aromatic N) is 4. The van der Waals surface area contributed by atoms with E-state index in [0.29, 0.717) is 5.56 Å². The number of aromatic amines is 1. The summed E-state index contributed by atoms with van der Waals surface area (Å²) < 4.78 is 2.02. The normalized spacial score (nSPS) is 21.3. The number of benzene rings is 1. The van der Waals surface area contributed by atoms with Gasteiger partial charge in [-0.3, -0.25) is 9.30 Å². The van der Waals surface area contributed by atoms with Gasteiger partial charge in [0.25, 0.3) is 0 Å². The molecule has 10 heteroatoms. The zero-order chi connectivity index (χ0) is 22.6. The van der Waals surface area contributed by atoms with Gasteiger partial charge in [-0.25, -0.2) is 19.6 Å². The minimum Gasteiger partial charge on any atom is -0.480 e. The van der Waals surface area contributed by atoms with Crippen molar-refractivity contribution in [3.8, 4) is 11.3 Å². The Balaban J connectivity index is 1.50. The summed E-state index contributed by atoms with van der Waals surface area (Å²) in [5.41, 5.74) is 3.24. The minimum absolute atomic E-state index is 0.0617. The van der Waals surface area contributed by atoms with E-state index < -0.39 is 23.7 Å². The number of fused-ring (bicyclic) bond motifs is 3. The van der Waals surface area contributed by atoms with Gasteiger partial charge in [-0.05, 0) is 25.0 Å². The van der Waals surface area contributed by atoms with E-state index in [0.717, 1.165) is 38.7 Å². The molecule has 1 aromatic carbocycles. The minimum atomic E-state index is -1.43. The van der Waals surface area contributed by atoms with Gasteiger partial charge in [-0.2, -0.15) is 0 Å². The number of amides is 1. The average molecular weight is 435 g/mol. The molecule has 5 rings (SSSR count). The SMILES string of the molecule is Cc1nc(-c2ccc(C3(O)CCN(C(=O)O)C(C(=O)O)C3)cc2)c2cnc3[nH]ccc3n12. The highest BCUT2D eigenvalue weighted by molar-refractivity contribution is 5.84. The number of H-pyrrole nitrogens is 1. The summed E-state index contributed by atoms with van der Waals surface area (Å²) in [5, 5.41) is 29.9. The molecule has 32 heavy (non-hydrogen) atoms. The molecule has 0 aliphatic carbocycles. The van der Waals surface area contributed by atoms with E-state index in [1.807, 2.05) is 35.7 Å². The predicted octanol–water partition coefficient (Wildman–Crippen LogP) is 2.60. The molecule has 4 aromatic rings. The topological polar surface area (TPSA) is 144 Å². The molecule has 1 aliphatic heterocycles. The van der Waals surface area contributed by atoms with Gasteiger partial charge in [0, 0.05) is 24.7 Å². The van der Waals surface area contributed by atoms with Crippen molar-refractivity contribution in [1.29, 1.82) is 0 Å². The van der Waals surface area contributed by atoms with Crippen LogP contribution in [0.4, 0.5) is 4.79 Å². The highest BCUT2D eigenvalue weighted by Crippen LogP contribution is 2.37. The van der Waals surface area contributed by atoms with Gasteiger partial charge < -0.3 is 20.3 Å². The Morgan fingerprint density at radius 2 is 1.91 bits per heavy atom. The Labute approximate surface area is 181 Å². The molecule has 1 aliphatic rings. The number of rotatable bonds is 3. The number of carboxylic acids is 1. The summed E-state index contributed by atoms with van der Waals surface area (Å²) in [6.45, 7) is 1.86. The van der Waals surface area contributed by atoms with Crippen molar-refractivity contribution < 1.29 is 24.9 Å². The van der Waals surface area contributed by atoms with Crippen molar-refractivity contribution >= 4 is 28.7 Å². The molecule has 0 spiro atoms. The number of nitrogens with one attached hydrogen (secondary N) is 1. The molecule has 164 valence electrons. The zero-order valence-corrected chi connectivity index (χ0v) is 17.2. The van der Waals surface area contributed by atoms with Crippen LogP contribution in [0.5, 0.6) is 0 Å². The fourth-order valence-electron chi connectivity index (χ4n) is 4.59. The van der Waals surface area contributed by atoms with Gasteiger partial charge in [-0.1, -0.05) is 24.3 Å².